The summed E-state index contributed by atoms with van der Waals surface area (Å²) in [6, 6.07) is 4.04. The summed E-state index contributed by atoms with van der Waals surface area (Å²) in [7, 11) is 0. The number of ether oxygens (including phenoxy) is 1. The van der Waals surface area contributed by atoms with Gasteiger partial charge >= 0.3 is 12.3 Å². The first-order valence-corrected chi connectivity index (χ1v) is 4.74. The van der Waals surface area contributed by atoms with Gasteiger partial charge in [-0.15, -0.1) is 0 Å². The molecule has 1 aromatic carbocycles. The van der Waals surface area contributed by atoms with Gasteiger partial charge in [-0.1, -0.05) is 0 Å². The maximum Gasteiger partial charge on any atom is 0.416 e. The first-order chi connectivity index (χ1) is 7.93. The minimum absolute atomic E-state index is 0.0481. The van der Waals surface area contributed by atoms with Crippen molar-refractivity contribution in [1.82, 2.24) is 0 Å². The first-order valence-electron chi connectivity index (χ1n) is 4.74. The minimum atomic E-state index is -4.39. The number of carbonyl (C=O) groups is 1. The van der Waals surface area contributed by atoms with Gasteiger partial charge in [-0.2, -0.15) is 13.2 Å². The van der Waals surface area contributed by atoms with Crippen LogP contribution in [0.2, 0.25) is 0 Å². The SMILES string of the molecule is NCCOC(=O)Nc1ccc(C(F)(F)F)cc1. The van der Waals surface area contributed by atoms with Gasteiger partial charge in [0, 0.05) is 12.2 Å². The second kappa shape index (κ2) is 5.53. The Kier molecular flexibility index (Phi) is 4.33. The zero-order valence-corrected chi connectivity index (χ0v) is 8.75. The lowest BCUT2D eigenvalue weighted by Crippen LogP contribution is -2.18. The van der Waals surface area contributed by atoms with E-state index >= 15 is 0 Å². The van der Waals surface area contributed by atoms with Crippen LogP contribution in [0.15, 0.2) is 24.3 Å². The lowest BCUT2D eigenvalue weighted by molar-refractivity contribution is -0.137. The van der Waals surface area contributed by atoms with Crippen molar-refractivity contribution in [2.24, 2.45) is 5.73 Å². The molecule has 4 nitrogen and oxygen atoms in total. The van der Waals surface area contributed by atoms with Gasteiger partial charge in [0.15, 0.2) is 0 Å². The number of amides is 1. The molecule has 0 saturated heterocycles. The number of alkyl halides is 3. The Morgan fingerprint density at radius 1 is 1.29 bits per heavy atom. The Hall–Kier alpha value is -1.76. The average Bonchev–Trinajstić information content (AvgIpc) is 2.26. The van der Waals surface area contributed by atoms with Crippen molar-refractivity contribution in [3.8, 4) is 0 Å². The van der Waals surface area contributed by atoms with E-state index in [1.807, 2.05) is 0 Å². The monoisotopic (exact) mass is 248 g/mol. The quantitative estimate of drug-likeness (QED) is 0.861. The lowest BCUT2D eigenvalue weighted by Gasteiger charge is -2.08. The molecule has 0 aromatic heterocycles. The molecule has 7 heteroatoms. The van der Waals surface area contributed by atoms with E-state index in [2.05, 4.69) is 10.1 Å². The molecule has 1 amide bonds. The maximum atomic E-state index is 12.2. The average molecular weight is 248 g/mol. The maximum absolute atomic E-state index is 12.2. The van der Waals surface area contributed by atoms with Gasteiger partial charge in [-0.05, 0) is 24.3 Å². The second-order valence-corrected chi connectivity index (χ2v) is 3.12. The number of benzene rings is 1. The molecule has 0 bridgehead atoms. The van der Waals surface area contributed by atoms with Crippen LogP contribution in [-0.2, 0) is 10.9 Å². The van der Waals surface area contributed by atoms with E-state index in [0.29, 0.717) is 0 Å². The molecule has 1 rings (SSSR count). The van der Waals surface area contributed by atoms with Crippen molar-refractivity contribution in [2.75, 3.05) is 18.5 Å². The van der Waals surface area contributed by atoms with E-state index < -0.39 is 17.8 Å². The topological polar surface area (TPSA) is 64.3 Å². The molecule has 1 aromatic rings. The molecule has 0 fully saturated rings. The number of halogens is 3. The van der Waals surface area contributed by atoms with Crippen molar-refractivity contribution in [1.29, 1.82) is 0 Å². The highest BCUT2D eigenvalue weighted by Crippen LogP contribution is 2.29. The Morgan fingerprint density at radius 2 is 1.88 bits per heavy atom. The number of nitrogens with two attached hydrogens (primary N) is 1. The number of carbonyl (C=O) groups excluding carboxylic acids is 1. The summed E-state index contributed by atoms with van der Waals surface area (Å²) in [5.74, 6) is 0. The highest BCUT2D eigenvalue weighted by Gasteiger charge is 2.29. The summed E-state index contributed by atoms with van der Waals surface area (Å²) in [5, 5.41) is 2.27. The van der Waals surface area contributed by atoms with Crippen LogP contribution >= 0.6 is 0 Å². The van der Waals surface area contributed by atoms with Crippen LogP contribution < -0.4 is 11.1 Å². The zero-order chi connectivity index (χ0) is 12.9. The number of anilines is 1. The standard InChI is InChI=1S/C10H11F3N2O2/c11-10(12,13)7-1-3-8(4-2-7)15-9(16)17-6-5-14/h1-4H,5-6,14H2,(H,15,16). The molecule has 3 N–H and O–H groups in total. The minimum Gasteiger partial charge on any atom is -0.448 e. The molecule has 0 aliphatic carbocycles. The Balaban J connectivity index is 2.60. The van der Waals surface area contributed by atoms with Crippen LogP contribution in [0.4, 0.5) is 23.7 Å². The van der Waals surface area contributed by atoms with E-state index in [0.717, 1.165) is 24.3 Å². The summed E-state index contributed by atoms with van der Waals surface area (Å²) >= 11 is 0. The highest BCUT2D eigenvalue weighted by molar-refractivity contribution is 5.84. The molecule has 0 heterocycles. The van der Waals surface area contributed by atoms with E-state index in [4.69, 9.17) is 5.73 Å². The fraction of sp³-hybridized carbons (Fsp3) is 0.300. The summed E-state index contributed by atoms with van der Waals surface area (Å²) < 4.78 is 41.3. The first kappa shape index (κ1) is 13.3. The number of hydrogen-bond acceptors (Lipinski definition) is 3. The third-order valence-electron chi connectivity index (χ3n) is 1.81. The number of hydrogen-bond donors (Lipinski definition) is 2. The smallest absolute Gasteiger partial charge is 0.416 e. The summed E-state index contributed by atoms with van der Waals surface area (Å²) in [6.07, 6.45) is -5.14. The molecule has 17 heavy (non-hydrogen) atoms. The van der Waals surface area contributed by atoms with Crippen LogP contribution in [0.3, 0.4) is 0 Å². The predicted octanol–water partition coefficient (Wildman–Crippen LogP) is 2.21. The van der Waals surface area contributed by atoms with Crippen LogP contribution in [0.5, 0.6) is 0 Å². The fourth-order valence-corrected chi connectivity index (χ4v) is 1.05. The zero-order valence-electron chi connectivity index (χ0n) is 8.75. The Morgan fingerprint density at radius 3 is 2.35 bits per heavy atom. The van der Waals surface area contributed by atoms with E-state index in [1.165, 1.54) is 0 Å². The fourth-order valence-electron chi connectivity index (χ4n) is 1.05. The molecular weight excluding hydrogens is 237 g/mol. The Bertz CT molecular complexity index is 376. The van der Waals surface area contributed by atoms with Crippen LogP contribution in [0, 0.1) is 0 Å². The predicted molar refractivity (Wildman–Crippen MR) is 55.5 cm³/mol. The molecule has 0 atom stereocenters. The van der Waals surface area contributed by atoms with Crippen molar-refractivity contribution in [3.63, 3.8) is 0 Å². The lowest BCUT2D eigenvalue weighted by atomic mass is 10.2. The van der Waals surface area contributed by atoms with E-state index in [9.17, 15) is 18.0 Å². The Labute approximate surface area is 95.6 Å². The molecular formula is C10H11F3N2O2. The summed E-state index contributed by atoms with van der Waals surface area (Å²) in [5.41, 5.74) is 4.55. The van der Waals surface area contributed by atoms with Crippen LogP contribution in [-0.4, -0.2) is 19.2 Å². The van der Waals surface area contributed by atoms with Gasteiger partial charge in [0.25, 0.3) is 0 Å². The van der Waals surface area contributed by atoms with Gasteiger partial charge in [-0.25, -0.2) is 4.79 Å². The van der Waals surface area contributed by atoms with Gasteiger partial charge < -0.3 is 10.5 Å². The number of rotatable bonds is 3. The van der Waals surface area contributed by atoms with Gasteiger partial charge in [0.2, 0.25) is 0 Å². The molecule has 0 saturated carbocycles. The largest absolute Gasteiger partial charge is 0.448 e. The molecule has 0 aliphatic rings. The van der Waals surface area contributed by atoms with Gasteiger partial charge in [0.1, 0.15) is 6.61 Å². The van der Waals surface area contributed by atoms with E-state index in [-0.39, 0.29) is 18.8 Å². The second-order valence-electron chi connectivity index (χ2n) is 3.12. The normalized spacial score (nSPS) is 11.1. The van der Waals surface area contributed by atoms with Crippen molar-refractivity contribution >= 4 is 11.8 Å². The molecule has 0 radical (unpaired) electrons. The van der Waals surface area contributed by atoms with E-state index in [1.54, 1.807) is 0 Å². The third-order valence-corrected chi connectivity index (χ3v) is 1.81. The molecule has 0 aliphatic heterocycles. The van der Waals surface area contributed by atoms with Crippen LogP contribution in [0.1, 0.15) is 5.56 Å². The molecule has 0 spiro atoms. The summed E-state index contributed by atoms with van der Waals surface area (Å²) in [6.45, 7) is 0.229. The third kappa shape index (κ3) is 4.31. The summed E-state index contributed by atoms with van der Waals surface area (Å²) in [4.78, 5) is 11.0. The van der Waals surface area contributed by atoms with Crippen molar-refractivity contribution in [2.45, 2.75) is 6.18 Å². The number of nitrogens with one attached hydrogen (secondary N) is 1. The molecule has 94 valence electrons. The highest BCUT2D eigenvalue weighted by atomic mass is 19.4. The van der Waals surface area contributed by atoms with Crippen molar-refractivity contribution < 1.29 is 22.7 Å². The van der Waals surface area contributed by atoms with Crippen molar-refractivity contribution in [3.05, 3.63) is 29.8 Å². The van der Waals surface area contributed by atoms with Crippen LogP contribution in [0.25, 0.3) is 0 Å². The van der Waals surface area contributed by atoms with Gasteiger partial charge in [0.05, 0.1) is 5.56 Å². The molecule has 0 unspecified atom stereocenters. The van der Waals surface area contributed by atoms with Gasteiger partial charge in [-0.3, -0.25) is 5.32 Å².